The molecule has 53 heavy (non-hydrogen) atoms. The van der Waals surface area contributed by atoms with E-state index in [-0.39, 0.29) is 0 Å². The summed E-state index contributed by atoms with van der Waals surface area (Å²) < 4.78 is 17.9. The molecule has 0 saturated carbocycles. The predicted octanol–water partition coefficient (Wildman–Crippen LogP) is 12.7. The molecule has 5 heteroatoms. The van der Waals surface area contributed by atoms with E-state index in [1.807, 2.05) is 18.3 Å². The predicted molar refractivity (Wildman–Crippen MR) is 217 cm³/mol. The van der Waals surface area contributed by atoms with E-state index in [1.165, 1.54) is 43.7 Å². The zero-order valence-electron chi connectivity index (χ0n) is 28.5. The molecule has 0 N–H and O–H groups in total. The van der Waals surface area contributed by atoms with Gasteiger partial charge in [-0.05, 0) is 78.2 Å². The van der Waals surface area contributed by atoms with Gasteiger partial charge < -0.3 is 18.0 Å². The van der Waals surface area contributed by atoms with E-state index < -0.39 is 0 Å². The Kier molecular flexibility index (Phi) is 5.77. The van der Waals surface area contributed by atoms with Crippen LogP contribution in [0.2, 0.25) is 0 Å². The van der Waals surface area contributed by atoms with Crippen LogP contribution >= 0.6 is 0 Å². The fourth-order valence-electron chi connectivity index (χ4n) is 8.71. The summed E-state index contributed by atoms with van der Waals surface area (Å²) in [7, 11) is 0. The minimum atomic E-state index is 0.693. The molecule has 7 aromatic carbocycles. The van der Waals surface area contributed by atoms with Crippen LogP contribution in [-0.2, 0) is 6.42 Å². The molecule has 0 amide bonds. The maximum atomic E-state index is 6.68. The Balaban J connectivity index is 1.07. The number of hydrogen-bond donors (Lipinski definition) is 0. The van der Waals surface area contributed by atoms with Crippen molar-refractivity contribution in [3.8, 4) is 11.4 Å². The van der Waals surface area contributed by atoms with Gasteiger partial charge in [-0.25, -0.2) is 0 Å². The summed E-state index contributed by atoms with van der Waals surface area (Å²) in [6.07, 6.45) is 2.59. The van der Waals surface area contributed by atoms with E-state index in [9.17, 15) is 0 Å². The molecule has 0 fully saturated rings. The molecule has 0 aliphatic rings. The normalized spacial score (nSPS) is 12.2. The minimum absolute atomic E-state index is 0.693. The van der Waals surface area contributed by atoms with Gasteiger partial charge in [0.05, 0.1) is 33.4 Å². The zero-order chi connectivity index (χ0) is 34.6. The average molecular weight is 680 g/mol. The lowest BCUT2D eigenvalue weighted by Gasteiger charge is -2.14. The second-order valence-electron chi connectivity index (χ2n) is 13.9. The Morgan fingerprint density at radius 2 is 0.962 bits per heavy atom. The highest BCUT2D eigenvalue weighted by Crippen LogP contribution is 2.40. The first-order valence-electron chi connectivity index (χ1n) is 18.0. The third-order valence-electron chi connectivity index (χ3n) is 11.0. The summed E-state index contributed by atoms with van der Waals surface area (Å²) in [4.78, 5) is 4.91. The molecule has 0 unspecified atom stereocenters. The second-order valence-corrected chi connectivity index (χ2v) is 13.9. The molecular formula is C48H29N3O2. The standard InChI is InChI=1S/C48H29N3O2/c1-6-16-38-31(11-1)32-12-2-7-17-39(32)50(38)42-23-24-49-47-37-26-29(21-22-45(37)53-48(42)47)25-30-27-46-36(35-15-5-10-20-44(35)52-46)28-43(30)51-40-18-8-3-13-33(40)34-14-4-9-19-41(34)51/h1-24,26-28H,25H2. The van der Waals surface area contributed by atoms with Crippen molar-refractivity contribution in [3.05, 3.63) is 175 Å². The molecule has 12 rings (SSSR count). The summed E-state index contributed by atoms with van der Waals surface area (Å²) in [6.45, 7) is 0. The lowest BCUT2D eigenvalue weighted by molar-refractivity contribution is 0.665. The molecule has 12 aromatic rings. The maximum Gasteiger partial charge on any atom is 0.177 e. The molecule has 0 bridgehead atoms. The lowest BCUT2D eigenvalue weighted by atomic mass is 9.99. The summed E-state index contributed by atoms with van der Waals surface area (Å²) >= 11 is 0. The van der Waals surface area contributed by atoms with Gasteiger partial charge in [-0.2, -0.15) is 0 Å². The van der Waals surface area contributed by atoms with Gasteiger partial charge in [-0.15, -0.1) is 0 Å². The van der Waals surface area contributed by atoms with Crippen molar-refractivity contribution < 1.29 is 8.83 Å². The number of pyridine rings is 1. The van der Waals surface area contributed by atoms with E-state index in [1.54, 1.807) is 0 Å². The van der Waals surface area contributed by atoms with E-state index in [4.69, 9.17) is 13.8 Å². The highest BCUT2D eigenvalue weighted by molar-refractivity contribution is 6.13. The topological polar surface area (TPSA) is 49.0 Å². The Morgan fingerprint density at radius 3 is 1.60 bits per heavy atom. The van der Waals surface area contributed by atoms with Gasteiger partial charge in [-0.1, -0.05) is 97.1 Å². The van der Waals surface area contributed by atoms with Crippen LogP contribution in [0.1, 0.15) is 11.1 Å². The van der Waals surface area contributed by atoms with Gasteiger partial charge in [-0.3, -0.25) is 4.98 Å². The van der Waals surface area contributed by atoms with Crippen LogP contribution in [0.15, 0.2) is 173 Å². The molecule has 0 atom stereocenters. The Bertz CT molecular complexity index is 3340. The van der Waals surface area contributed by atoms with Crippen LogP contribution < -0.4 is 0 Å². The summed E-state index contributed by atoms with van der Waals surface area (Å²) in [5, 5.41) is 8.14. The highest BCUT2D eigenvalue weighted by atomic mass is 16.3. The number of rotatable bonds is 4. The van der Waals surface area contributed by atoms with Crippen molar-refractivity contribution in [3.63, 3.8) is 0 Å². The molecule has 248 valence electrons. The van der Waals surface area contributed by atoms with E-state index in [0.717, 1.165) is 66.4 Å². The monoisotopic (exact) mass is 679 g/mol. The molecule has 5 aromatic heterocycles. The van der Waals surface area contributed by atoms with Crippen molar-refractivity contribution in [2.75, 3.05) is 0 Å². The third-order valence-corrected chi connectivity index (χ3v) is 11.0. The number of benzene rings is 7. The van der Waals surface area contributed by atoms with Crippen LogP contribution in [-0.4, -0.2) is 14.1 Å². The maximum absolute atomic E-state index is 6.68. The molecule has 5 nitrogen and oxygen atoms in total. The van der Waals surface area contributed by atoms with Crippen LogP contribution in [0.4, 0.5) is 0 Å². The van der Waals surface area contributed by atoms with E-state index in [0.29, 0.717) is 6.42 Å². The molecule has 0 spiro atoms. The summed E-state index contributed by atoms with van der Waals surface area (Å²) in [6, 6.07) is 56.0. The van der Waals surface area contributed by atoms with E-state index in [2.05, 4.69) is 155 Å². The quantitative estimate of drug-likeness (QED) is 0.186. The van der Waals surface area contributed by atoms with Gasteiger partial charge in [0, 0.05) is 43.9 Å². The van der Waals surface area contributed by atoms with Crippen molar-refractivity contribution >= 4 is 87.6 Å². The summed E-state index contributed by atoms with van der Waals surface area (Å²) in [5.41, 5.74) is 13.3. The van der Waals surface area contributed by atoms with Gasteiger partial charge in [0.15, 0.2) is 5.58 Å². The third kappa shape index (κ3) is 4.04. The number of nitrogens with zero attached hydrogens (tertiary/aromatic N) is 3. The van der Waals surface area contributed by atoms with Crippen molar-refractivity contribution in [2.24, 2.45) is 0 Å². The lowest BCUT2D eigenvalue weighted by Crippen LogP contribution is -2.01. The number of furan rings is 2. The zero-order valence-corrected chi connectivity index (χ0v) is 28.5. The van der Waals surface area contributed by atoms with Crippen LogP contribution in [0.3, 0.4) is 0 Å². The van der Waals surface area contributed by atoms with Gasteiger partial charge in [0.25, 0.3) is 0 Å². The molecule has 0 radical (unpaired) electrons. The van der Waals surface area contributed by atoms with Gasteiger partial charge >= 0.3 is 0 Å². The fourth-order valence-corrected chi connectivity index (χ4v) is 8.71. The molecular weight excluding hydrogens is 651 g/mol. The fraction of sp³-hybridized carbons (Fsp3) is 0.0208. The largest absolute Gasteiger partial charge is 0.456 e. The SMILES string of the molecule is c1ccc2c(c1)oc1cc(Cc3ccc4oc5c(-n6c7ccccc7c7ccccc76)ccnc5c4c3)c(-n3c4ccccc4c4ccccc43)cc12. The van der Waals surface area contributed by atoms with Gasteiger partial charge in [0.1, 0.15) is 22.3 Å². The molecule has 5 heterocycles. The van der Waals surface area contributed by atoms with Crippen LogP contribution in [0.5, 0.6) is 0 Å². The number of para-hydroxylation sites is 5. The number of fused-ring (bicyclic) bond motifs is 12. The molecule has 0 aliphatic carbocycles. The van der Waals surface area contributed by atoms with E-state index >= 15 is 0 Å². The average Bonchev–Trinajstić information content (AvgIpc) is 3.95. The number of hydrogen-bond acceptors (Lipinski definition) is 3. The first-order valence-corrected chi connectivity index (χ1v) is 18.0. The first kappa shape index (κ1) is 28.6. The Morgan fingerprint density at radius 1 is 0.415 bits per heavy atom. The highest BCUT2D eigenvalue weighted by Gasteiger charge is 2.21. The first-order chi connectivity index (χ1) is 26.3. The minimum Gasteiger partial charge on any atom is -0.456 e. The molecule has 0 saturated heterocycles. The second kappa shape index (κ2) is 10.7. The van der Waals surface area contributed by atoms with Crippen molar-refractivity contribution in [1.29, 1.82) is 0 Å². The van der Waals surface area contributed by atoms with Crippen molar-refractivity contribution in [2.45, 2.75) is 6.42 Å². The Hall–Kier alpha value is -7.11. The number of aromatic nitrogens is 3. The van der Waals surface area contributed by atoms with Crippen molar-refractivity contribution in [1.82, 2.24) is 14.1 Å². The summed E-state index contributed by atoms with van der Waals surface area (Å²) in [5.74, 6) is 0. The molecule has 0 aliphatic heterocycles. The van der Waals surface area contributed by atoms with Gasteiger partial charge in [0.2, 0.25) is 0 Å². The Labute approximate surface area is 302 Å². The van der Waals surface area contributed by atoms with Crippen LogP contribution in [0.25, 0.3) is 99.0 Å². The van der Waals surface area contributed by atoms with Crippen LogP contribution in [0, 0.1) is 0 Å². The smallest absolute Gasteiger partial charge is 0.177 e.